The number of aliphatic hydroxyl groups excluding tert-OH is 2. The summed E-state index contributed by atoms with van der Waals surface area (Å²) in [5, 5.41) is 23.5. The first-order valence-electron chi connectivity index (χ1n) is 39.7. The fourth-order valence-electron chi connectivity index (χ4n) is 12.6. The number of aliphatic hydroxyl groups is 2. The zero-order chi connectivity index (χ0) is 62.8. The highest BCUT2D eigenvalue weighted by molar-refractivity contribution is 5.76. The maximum Gasteiger partial charge on any atom is 0.305 e. The Bertz CT molecular complexity index is 1410. The Morgan fingerprint density at radius 1 is 0.322 bits per heavy atom. The van der Waals surface area contributed by atoms with Gasteiger partial charge in [0.2, 0.25) is 5.91 Å². The molecule has 1 amide bonds. The van der Waals surface area contributed by atoms with Gasteiger partial charge in [0.25, 0.3) is 0 Å². The van der Waals surface area contributed by atoms with Gasteiger partial charge in [-0.1, -0.05) is 384 Å². The average Bonchev–Trinajstić information content (AvgIpc) is 3.55. The summed E-state index contributed by atoms with van der Waals surface area (Å²) in [4.78, 5) is 24.7. The fourth-order valence-corrected chi connectivity index (χ4v) is 12.6. The third-order valence-corrected chi connectivity index (χ3v) is 18.7. The molecule has 0 heterocycles. The van der Waals surface area contributed by atoms with Crippen molar-refractivity contribution in [3.63, 3.8) is 0 Å². The second kappa shape index (κ2) is 76.5. The summed E-state index contributed by atoms with van der Waals surface area (Å²) >= 11 is 0. The molecule has 0 aromatic carbocycles. The van der Waals surface area contributed by atoms with Crippen LogP contribution in [0.4, 0.5) is 0 Å². The number of rotatable bonds is 75. The molecular formula is C81H155NO5. The standard InChI is InChI=1S/C81H155NO5/c1-3-5-7-9-11-13-15-17-19-21-22-36-39-42-45-49-53-57-61-65-69-73-79(84)78(77-83)82-80(85)74-70-66-62-58-54-50-46-43-40-37-34-32-30-28-26-24-23-25-27-29-31-33-35-38-41-44-48-52-56-60-64-68-72-76-87-81(86)75-71-67-63-59-55-51-47-20-18-16-14-12-10-8-6-4-2/h14,16,20,27,29,47,78-79,83-84H,3-13,15,17-19,21-26,28,30-46,48-77H2,1-2H3,(H,82,85)/b16-14-,29-27-,47-20-. The molecule has 0 spiro atoms. The summed E-state index contributed by atoms with van der Waals surface area (Å²) in [7, 11) is 0. The van der Waals surface area contributed by atoms with Gasteiger partial charge in [-0.3, -0.25) is 9.59 Å². The number of hydrogen-bond acceptors (Lipinski definition) is 5. The van der Waals surface area contributed by atoms with Crippen LogP contribution in [-0.2, 0) is 14.3 Å². The summed E-state index contributed by atoms with van der Waals surface area (Å²) < 4.78 is 5.50. The van der Waals surface area contributed by atoms with Gasteiger partial charge in [-0.05, 0) is 83.5 Å². The van der Waals surface area contributed by atoms with Gasteiger partial charge in [0.1, 0.15) is 0 Å². The summed E-state index contributed by atoms with van der Waals surface area (Å²) in [6, 6.07) is -0.540. The van der Waals surface area contributed by atoms with Crippen molar-refractivity contribution in [2.75, 3.05) is 13.2 Å². The minimum atomic E-state index is -0.663. The SMILES string of the molecule is CCCCCC/C=C\C/C=C\CCCCCCCC(=O)OCCCCCCCCCCCCCC/C=C\CCCCCCCCCCCCCCCCCCCC(=O)NC(CO)C(O)CCCCCCCCCCCCCCCCCCCCCCC. The second-order valence-corrected chi connectivity index (χ2v) is 27.4. The first-order chi connectivity index (χ1) is 43.0. The van der Waals surface area contributed by atoms with Gasteiger partial charge in [-0.15, -0.1) is 0 Å². The summed E-state index contributed by atoms with van der Waals surface area (Å²) in [5.74, 6) is -0.0211. The van der Waals surface area contributed by atoms with Crippen LogP contribution in [0, 0.1) is 0 Å². The van der Waals surface area contributed by atoms with Crippen molar-refractivity contribution < 1.29 is 24.5 Å². The molecule has 87 heavy (non-hydrogen) atoms. The lowest BCUT2D eigenvalue weighted by Crippen LogP contribution is -2.45. The molecule has 0 aliphatic heterocycles. The van der Waals surface area contributed by atoms with Crippen molar-refractivity contribution >= 4 is 11.9 Å². The zero-order valence-electron chi connectivity index (χ0n) is 59.0. The van der Waals surface area contributed by atoms with Gasteiger partial charge in [-0.25, -0.2) is 0 Å². The minimum Gasteiger partial charge on any atom is -0.466 e. The highest BCUT2D eigenvalue weighted by Gasteiger charge is 2.20. The van der Waals surface area contributed by atoms with Crippen molar-refractivity contribution in [3.05, 3.63) is 36.5 Å². The molecule has 0 aromatic rings. The molecule has 0 fully saturated rings. The number of nitrogens with one attached hydrogen (secondary N) is 1. The largest absolute Gasteiger partial charge is 0.466 e. The molecule has 0 aromatic heterocycles. The first kappa shape index (κ1) is 85.1. The van der Waals surface area contributed by atoms with E-state index in [1.165, 1.54) is 360 Å². The van der Waals surface area contributed by atoms with Crippen molar-refractivity contribution in [2.24, 2.45) is 0 Å². The molecule has 0 saturated heterocycles. The maximum atomic E-state index is 12.6. The van der Waals surface area contributed by atoms with Crippen LogP contribution in [0.15, 0.2) is 36.5 Å². The zero-order valence-corrected chi connectivity index (χ0v) is 59.0. The van der Waals surface area contributed by atoms with Crippen LogP contribution < -0.4 is 5.32 Å². The maximum absolute atomic E-state index is 12.6. The van der Waals surface area contributed by atoms with Crippen LogP contribution in [0.25, 0.3) is 0 Å². The van der Waals surface area contributed by atoms with E-state index in [0.717, 1.165) is 51.4 Å². The molecule has 0 aliphatic carbocycles. The van der Waals surface area contributed by atoms with Gasteiger partial charge in [-0.2, -0.15) is 0 Å². The number of amides is 1. The van der Waals surface area contributed by atoms with Crippen LogP contribution in [0.3, 0.4) is 0 Å². The van der Waals surface area contributed by atoms with Crippen LogP contribution >= 0.6 is 0 Å². The minimum absolute atomic E-state index is 0.00591. The molecule has 0 rings (SSSR count). The van der Waals surface area contributed by atoms with E-state index >= 15 is 0 Å². The van der Waals surface area contributed by atoms with E-state index < -0.39 is 12.1 Å². The van der Waals surface area contributed by atoms with E-state index in [2.05, 4.69) is 55.6 Å². The highest BCUT2D eigenvalue weighted by Crippen LogP contribution is 2.20. The number of hydrogen-bond donors (Lipinski definition) is 3. The van der Waals surface area contributed by atoms with Gasteiger partial charge < -0.3 is 20.3 Å². The lowest BCUT2D eigenvalue weighted by molar-refractivity contribution is -0.143. The second-order valence-electron chi connectivity index (χ2n) is 27.4. The molecule has 6 heteroatoms. The molecular weight excluding hydrogens is 1070 g/mol. The number of ether oxygens (including phenoxy) is 1. The Morgan fingerprint density at radius 3 is 0.897 bits per heavy atom. The van der Waals surface area contributed by atoms with E-state index in [1.54, 1.807) is 0 Å². The van der Waals surface area contributed by atoms with Crippen LogP contribution in [0.1, 0.15) is 444 Å². The van der Waals surface area contributed by atoms with E-state index in [0.29, 0.717) is 25.9 Å². The Morgan fingerprint density at radius 2 is 0.575 bits per heavy atom. The number of carbonyl (C=O) groups is 2. The molecule has 0 aliphatic rings. The normalized spacial score (nSPS) is 12.6. The third-order valence-electron chi connectivity index (χ3n) is 18.7. The van der Waals surface area contributed by atoms with Crippen LogP contribution in [0.2, 0.25) is 0 Å². The summed E-state index contributed by atoms with van der Waals surface area (Å²) in [6.07, 6.45) is 99.5. The lowest BCUT2D eigenvalue weighted by atomic mass is 10.0. The lowest BCUT2D eigenvalue weighted by Gasteiger charge is -2.22. The summed E-state index contributed by atoms with van der Waals surface area (Å²) in [5.41, 5.74) is 0. The van der Waals surface area contributed by atoms with Gasteiger partial charge >= 0.3 is 5.97 Å². The molecule has 0 saturated carbocycles. The van der Waals surface area contributed by atoms with E-state index in [9.17, 15) is 19.8 Å². The van der Waals surface area contributed by atoms with Gasteiger partial charge in [0.05, 0.1) is 25.4 Å². The average molecular weight is 1220 g/mol. The van der Waals surface area contributed by atoms with E-state index in [4.69, 9.17) is 4.74 Å². The third kappa shape index (κ3) is 73.0. The Labute approximate surface area is 544 Å². The topological polar surface area (TPSA) is 95.9 Å². The number of allylic oxidation sites excluding steroid dienone is 6. The molecule has 6 nitrogen and oxygen atoms in total. The Hall–Kier alpha value is -1.92. The fraction of sp³-hybridized carbons (Fsp3) is 0.901. The van der Waals surface area contributed by atoms with Crippen molar-refractivity contribution in [1.29, 1.82) is 0 Å². The first-order valence-corrected chi connectivity index (χ1v) is 39.7. The molecule has 2 atom stereocenters. The summed E-state index contributed by atoms with van der Waals surface area (Å²) in [6.45, 7) is 4.98. The number of esters is 1. The van der Waals surface area contributed by atoms with Crippen LogP contribution in [-0.4, -0.2) is 47.4 Å². The van der Waals surface area contributed by atoms with Gasteiger partial charge in [0.15, 0.2) is 0 Å². The highest BCUT2D eigenvalue weighted by atomic mass is 16.5. The van der Waals surface area contributed by atoms with Crippen molar-refractivity contribution in [2.45, 2.75) is 456 Å². The van der Waals surface area contributed by atoms with Crippen LogP contribution in [0.5, 0.6) is 0 Å². The number of unbranched alkanes of at least 4 members (excludes halogenated alkanes) is 58. The molecule has 2 unspecified atom stereocenters. The van der Waals surface area contributed by atoms with E-state index in [-0.39, 0.29) is 18.5 Å². The molecule has 3 N–H and O–H groups in total. The Kier molecular flexibility index (Phi) is 74.8. The van der Waals surface area contributed by atoms with Crippen molar-refractivity contribution in [3.8, 4) is 0 Å². The molecule has 0 radical (unpaired) electrons. The molecule has 514 valence electrons. The quantitative estimate of drug-likeness (QED) is 0.0320. The smallest absolute Gasteiger partial charge is 0.305 e. The predicted octanol–water partition coefficient (Wildman–Crippen LogP) is 26.2. The molecule has 0 bridgehead atoms. The van der Waals surface area contributed by atoms with Crippen molar-refractivity contribution in [1.82, 2.24) is 5.32 Å². The van der Waals surface area contributed by atoms with Gasteiger partial charge in [0, 0.05) is 12.8 Å². The number of carbonyl (C=O) groups excluding carboxylic acids is 2. The monoisotopic (exact) mass is 1220 g/mol. The van der Waals surface area contributed by atoms with E-state index in [1.807, 2.05) is 0 Å². The Balaban J connectivity index is 3.35. The predicted molar refractivity (Wildman–Crippen MR) is 384 cm³/mol.